The number of aromatic nitrogens is 2. The van der Waals surface area contributed by atoms with E-state index in [0.29, 0.717) is 30.6 Å². The van der Waals surface area contributed by atoms with E-state index in [0.717, 1.165) is 25.7 Å². The molecule has 2 fully saturated rings. The number of β-amino-alcohol motifs (C(OH)–C–C–N with tert-alkyl or cyclic N) is 1. The van der Waals surface area contributed by atoms with Crippen molar-refractivity contribution in [1.82, 2.24) is 14.7 Å². The molecule has 0 radical (unpaired) electrons. The van der Waals surface area contributed by atoms with Crippen LogP contribution in [-0.4, -0.2) is 50.9 Å². The second kappa shape index (κ2) is 8.05. The van der Waals surface area contributed by atoms with Crippen molar-refractivity contribution in [3.8, 4) is 6.07 Å². The molecule has 1 aromatic carbocycles. The number of aliphatic hydroxyl groups is 1. The highest BCUT2D eigenvalue weighted by Gasteiger charge is 2.42. The number of hydrogen-bond acceptors (Lipinski definition) is 6. The summed E-state index contributed by atoms with van der Waals surface area (Å²) in [5, 5.41) is 26.7. The zero-order valence-corrected chi connectivity index (χ0v) is 16.6. The molecule has 0 bridgehead atoms. The number of anilines is 2. The van der Waals surface area contributed by atoms with Crippen LogP contribution in [0.25, 0.3) is 0 Å². The Morgan fingerprint density at radius 3 is 2.57 bits per heavy atom. The molecule has 9 heteroatoms. The van der Waals surface area contributed by atoms with Crippen molar-refractivity contribution in [1.29, 1.82) is 5.26 Å². The van der Waals surface area contributed by atoms with Crippen molar-refractivity contribution in [2.45, 2.75) is 49.8 Å². The molecule has 30 heavy (non-hydrogen) atoms. The molecule has 1 amide bonds. The fourth-order valence-corrected chi connectivity index (χ4v) is 4.48. The monoisotopic (exact) mass is 412 g/mol. The molecule has 1 aromatic heterocycles. The second-order valence-corrected chi connectivity index (χ2v) is 8.23. The summed E-state index contributed by atoms with van der Waals surface area (Å²) in [6.07, 6.45) is 4.92. The van der Waals surface area contributed by atoms with Crippen LogP contribution in [-0.2, 0) is 5.54 Å². The van der Waals surface area contributed by atoms with Gasteiger partial charge in [-0.2, -0.15) is 10.4 Å². The quantitative estimate of drug-likeness (QED) is 0.668. The SMILES string of the molecule is N#CCC1(n2cc(C(N)=O)c(Nc3ccc(F)cc3)n2)CCC(N2CC(O)C2)CC1. The van der Waals surface area contributed by atoms with Crippen molar-refractivity contribution in [2.24, 2.45) is 5.73 Å². The van der Waals surface area contributed by atoms with Gasteiger partial charge in [-0.15, -0.1) is 0 Å². The van der Waals surface area contributed by atoms with E-state index in [4.69, 9.17) is 5.73 Å². The highest BCUT2D eigenvalue weighted by Crippen LogP contribution is 2.40. The van der Waals surface area contributed by atoms with E-state index in [1.165, 1.54) is 12.1 Å². The first-order chi connectivity index (χ1) is 14.4. The van der Waals surface area contributed by atoms with Crippen molar-refractivity contribution < 1.29 is 14.3 Å². The number of nitrogens with two attached hydrogens (primary N) is 1. The molecule has 4 N–H and O–H groups in total. The van der Waals surface area contributed by atoms with Gasteiger partial charge in [0.2, 0.25) is 0 Å². The molecule has 2 heterocycles. The number of rotatable bonds is 6. The van der Waals surface area contributed by atoms with E-state index in [9.17, 15) is 19.6 Å². The summed E-state index contributed by atoms with van der Waals surface area (Å²) >= 11 is 0. The molecule has 2 aromatic rings. The minimum atomic E-state index is -0.624. The van der Waals surface area contributed by atoms with Gasteiger partial charge < -0.3 is 16.2 Å². The summed E-state index contributed by atoms with van der Waals surface area (Å²) in [5.41, 5.74) is 5.86. The lowest BCUT2D eigenvalue weighted by Crippen LogP contribution is -2.57. The minimum Gasteiger partial charge on any atom is -0.390 e. The predicted octanol–water partition coefficient (Wildman–Crippen LogP) is 2.09. The van der Waals surface area contributed by atoms with Crippen LogP contribution >= 0.6 is 0 Å². The average molecular weight is 412 g/mol. The normalized spacial score (nSPS) is 24.8. The first kappa shape index (κ1) is 20.3. The Labute approximate surface area is 174 Å². The van der Waals surface area contributed by atoms with E-state index in [1.54, 1.807) is 23.0 Å². The number of carbonyl (C=O) groups excluding carboxylic acids is 1. The Balaban J connectivity index is 1.58. The standard InChI is InChI=1S/C21H25FN6O2/c22-14-1-3-15(4-2-14)25-20-18(19(24)30)13-28(26-20)21(9-10-23)7-5-16(6-8-21)27-11-17(29)12-27/h1-4,13,16-17,29H,5-9,11-12H2,(H2,24,30)(H,25,26). The van der Waals surface area contributed by atoms with E-state index in [1.807, 2.05) is 0 Å². The number of nitrogens with zero attached hydrogens (tertiary/aromatic N) is 4. The lowest BCUT2D eigenvalue weighted by Gasteiger charge is -2.47. The molecule has 0 spiro atoms. The number of halogens is 1. The van der Waals surface area contributed by atoms with Gasteiger partial charge in [0.15, 0.2) is 5.82 Å². The fraction of sp³-hybridized carbons (Fsp3) is 0.476. The first-order valence-electron chi connectivity index (χ1n) is 10.1. The Morgan fingerprint density at radius 2 is 2.00 bits per heavy atom. The number of carbonyl (C=O) groups is 1. The number of primary amides is 1. The molecule has 1 saturated carbocycles. The summed E-state index contributed by atoms with van der Waals surface area (Å²) in [4.78, 5) is 14.3. The van der Waals surface area contributed by atoms with E-state index in [-0.39, 0.29) is 23.9 Å². The summed E-state index contributed by atoms with van der Waals surface area (Å²) in [6, 6.07) is 8.40. The fourth-order valence-electron chi connectivity index (χ4n) is 4.48. The largest absolute Gasteiger partial charge is 0.390 e. The third kappa shape index (κ3) is 3.88. The molecule has 1 saturated heterocycles. The van der Waals surface area contributed by atoms with Crippen LogP contribution in [0.1, 0.15) is 42.5 Å². The minimum absolute atomic E-state index is 0.227. The lowest BCUT2D eigenvalue weighted by atomic mass is 9.76. The Bertz CT molecular complexity index is 953. The zero-order chi connectivity index (χ0) is 21.3. The maximum absolute atomic E-state index is 13.2. The Kier molecular flexibility index (Phi) is 5.45. The van der Waals surface area contributed by atoms with Gasteiger partial charge in [-0.25, -0.2) is 4.39 Å². The van der Waals surface area contributed by atoms with Crippen molar-refractivity contribution in [3.05, 3.63) is 41.8 Å². The van der Waals surface area contributed by atoms with Crippen molar-refractivity contribution in [3.63, 3.8) is 0 Å². The Hall–Kier alpha value is -2.96. The predicted molar refractivity (Wildman–Crippen MR) is 108 cm³/mol. The molecule has 1 aliphatic heterocycles. The van der Waals surface area contributed by atoms with Gasteiger partial charge in [0.05, 0.1) is 24.1 Å². The summed E-state index contributed by atoms with van der Waals surface area (Å²) < 4.78 is 14.9. The molecule has 0 unspecified atom stereocenters. The van der Waals surface area contributed by atoms with Crippen LogP contribution in [0.4, 0.5) is 15.9 Å². The van der Waals surface area contributed by atoms with Gasteiger partial charge in [0, 0.05) is 31.0 Å². The second-order valence-electron chi connectivity index (χ2n) is 8.23. The van der Waals surface area contributed by atoms with Crippen LogP contribution < -0.4 is 11.1 Å². The van der Waals surface area contributed by atoms with Crippen LogP contribution in [0.15, 0.2) is 30.5 Å². The molecule has 1 aliphatic carbocycles. The van der Waals surface area contributed by atoms with E-state index < -0.39 is 11.4 Å². The van der Waals surface area contributed by atoms with Crippen LogP contribution in [0.5, 0.6) is 0 Å². The van der Waals surface area contributed by atoms with Crippen molar-refractivity contribution in [2.75, 3.05) is 18.4 Å². The van der Waals surface area contributed by atoms with Gasteiger partial charge in [-0.3, -0.25) is 14.4 Å². The number of aliphatic hydroxyl groups excluding tert-OH is 1. The summed E-state index contributed by atoms with van der Waals surface area (Å²) in [7, 11) is 0. The van der Waals surface area contributed by atoms with E-state index >= 15 is 0 Å². The molecule has 158 valence electrons. The van der Waals surface area contributed by atoms with Gasteiger partial charge in [0.25, 0.3) is 5.91 Å². The number of likely N-dealkylation sites (tertiary alicyclic amines) is 1. The Morgan fingerprint density at radius 1 is 1.33 bits per heavy atom. The molecule has 8 nitrogen and oxygen atoms in total. The highest BCUT2D eigenvalue weighted by atomic mass is 19.1. The van der Waals surface area contributed by atoms with Crippen LogP contribution in [0.2, 0.25) is 0 Å². The number of amides is 1. The van der Waals surface area contributed by atoms with E-state index in [2.05, 4.69) is 21.4 Å². The molecule has 2 aliphatic rings. The number of hydrogen-bond donors (Lipinski definition) is 3. The molecular formula is C21H25FN6O2. The zero-order valence-electron chi connectivity index (χ0n) is 16.6. The van der Waals surface area contributed by atoms with Gasteiger partial charge >= 0.3 is 0 Å². The van der Waals surface area contributed by atoms with Gasteiger partial charge in [-0.1, -0.05) is 0 Å². The number of nitrogens with one attached hydrogen (secondary N) is 1. The molecule has 0 atom stereocenters. The van der Waals surface area contributed by atoms with Crippen molar-refractivity contribution >= 4 is 17.4 Å². The number of nitriles is 1. The maximum Gasteiger partial charge on any atom is 0.254 e. The van der Waals surface area contributed by atoms with Gasteiger partial charge in [0.1, 0.15) is 11.4 Å². The lowest BCUT2D eigenvalue weighted by molar-refractivity contribution is -0.0431. The third-order valence-electron chi connectivity index (χ3n) is 6.27. The molecule has 4 rings (SSSR count). The maximum atomic E-state index is 13.2. The first-order valence-corrected chi connectivity index (χ1v) is 10.1. The smallest absolute Gasteiger partial charge is 0.254 e. The van der Waals surface area contributed by atoms with Gasteiger partial charge in [-0.05, 0) is 49.9 Å². The topological polar surface area (TPSA) is 120 Å². The average Bonchev–Trinajstić information content (AvgIpc) is 3.13. The number of benzene rings is 1. The summed E-state index contributed by atoms with van der Waals surface area (Å²) in [6.45, 7) is 1.41. The van der Waals surface area contributed by atoms with Crippen LogP contribution in [0.3, 0.4) is 0 Å². The third-order valence-corrected chi connectivity index (χ3v) is 6.27. The van der Waals surface area contributed by atoms with Crippen LogP contribution in [0, 0.1) is 17.1 Å². The highest BCUT2D eigenvalue weighted by molar-refractivity contribution is 5.98. The molecular weight excluding hydrogens is 387 g/mol. The summed E-state index contributed by atoms with van der Waals surface area (Å²) in [5.74, 6) is -0.693.